The minimum atomic E-state index is -1.16. The van der Waals surface area contributed by atoms with Gasteiger partial charge in [0.2, 0.25) is 0 Å². The highest BCUT2D eigenvalue weighted by atomic mass is 16.5. The molecule has 2 heterocycles. The van der Waals surface area contributed by atoms with Crippen molar-refractivity contribution in [3.8, 4) is 11.5 Å². The quantitative estimate of drug-likeness (QED) is 0.674. The van der Waals surface area contributed by atoms with Crippen LogP contribution in [-0.2, 0) is 5.31 Å². The maximum absolute atomic E-state index is 11.6. The molecule has 1 aliphatic carbocycles. The molecular weight excluding hydrogens is 307 g/mol. The number of rotatable bonds is 6. The number of hydrogen-bond acceptors (Lipinski definition) is 5. The normalized spacial score (nSPS) is 27.9. The molecule has 127 valence electrons. The van der Waals surface area contributed by atoms with E-state index in [2.05, 4.69) is 12.2 Å². The number of benzene rings is 1. The van der Waals surface area contributed by atoms with Crippen molar-refractivity contribution < 1.29 is 19.7 Å². The van der Waals surface area contributed by atoms with E-state index in [0.29, 0.717) is 5.56 Å². The molecule has 1 aromatic rings. The third-order valence-corrected chi connectivity index (χ3v) is 5.43. The van der Waals surface area contributed by atoms with Crippen LogP contribution in [-0.4, -0.2) is 59.6 Å². The first-order valence-corrected chi connectivity index (χ1v) is 8.42. The summed E-state index contributed by atoms with van der Waals surface area (Å²) in [6, 6.07) is 3.44. The van der Waals surface area contributed by atoms with Crippen LogP contribution in [0.4, 0.5) is 0 Å². The minimum Gasteiger partial charge on any atom is -0.507 e. The van der Waals surface area contributed by atoms with Crippen LogP contribution in [0, 0.1) is 0 Å². The lowest BCUT2D eigenvalue weighted by Gasteiger charge is -2.40. The Morgan fingerprint density at radius 3 is 2.67 bits per heavy atom. The Kier molecular flexibility index (Phi) is 3.38. The van der Waals surface area contributed by atoms with Gasteiger partial charge in [-0.1, -0.05) is 19.3 Å². The van der Waals surface area contributed by atoms with Gasteiger partial charge in [0.1, 0.15) is 30.4 Å². The monoisotopic (exact) mass is 329 g/mol. The number of nitrogens with zero attached hydrogens (tertiary/aromatic N) is 1. The van der Waals surface area contributed by atoms with Gasteiger partial charge in [0.15, 0.2) is 0 Å². The number of carboxylic acid groups (broad SMARTS) is 1. The van der Waals surface area contributed by atoms with E-state index in [1.807, 2.05) is 6.92 Å². The van der Waals surface area contributed by atoms with Crippen molar-refractivity contribution in [2.24, 2.45) is 5.73 Å². The molecule has 2 aliphatic heterocycles. The predicted octanol–water partition coefficient (Wildman–Crippen LogP) is 0.996. The van der Waals surface area contributed by atoms with Crippen molar-refractivity contribution in [3.05, 3.63) is 23.3 Å². The van der Waals surface area contributed by atoms with Gasteiger partial charge in [-0.3, -0.25) is 4.90 Å². The van der Waals surface area contributed by atoms with E-state index in [1.165, 1.54) is 0 Å². The van der Waals surface area contributed by atoms with Gasteiger partial charge >= 0.3 is 5.97 Å². The topological polar surface area (TPSA) is 96.0 Å². The highest BCUT2D eigenvalue weighted by Gasteiger charge is 2.44. The molecule has 4 rings (SSSR count). The molecule has 1 saturated carbocycles. The molecular formula is C17H22BN2O4. The molecule has 7 heteroatoms. The van der Waals surface area contributed by atoms with Crippen molar-refractivity contribution in [1.29, 1.82) is 0 Å². The summed E-state index contributed by atoms with van der Waals surface area (Å²) in [7, 11) is 2.05. The van der Waals surface area contributed by atoms with Crippen LogP contribution in [0.15, 0.2) is 12.1 Å². The van der Waals surface area contributed by atoms with Crippen molar-refractivity contribution in [1.82, 2.24) is 4.90 Å². The maximum atomic E-state index is 11.6. The van der Waals surface area contributed by atoms with E-state index in [4.69, 9.17) is 10.5 Å². The van der Waals surface area contributed by atoms with Crippen molar-refractivity contribution >= 4 is 13.2 Å². The number of hydrogen-bond donors (Lipinski definition) is 3. The molecule has 0 bridgehead atoms. The number of likely N-dealkylation sites (tertiary alicyclic amines) is 1. The van der Waals surface area contributed by atoms with Crippen molar-refractivity contribution in [3.63, 3.8) is 0 Å². The second-order valence-electron chi connectivity index (χ2n) is 7.76. The van der Waals surface area contributed by atoms with Crippen LogP contribution in [0.2, 0.25) is 6.32 Å². The van der Waals surface area contributed by atoms with Crippen molar-refractivity contribution in [2.75, 3.05) is 19.6 Å². The standard InChI is InChI=1S/C17H22BN2O4/c1-16(8-18-16)11-2-3-12(13(14(11)21)15(22)23)24-10-6-20(7-10)9-17(19)4-5-17/h2-3,10,21H,4-9,19H2,1H3,(H,22,23). The Bertz CT molecular complexity index is 694. The molecule has 0 amide bonds. The van der Waals surface area contributed by atoms with Crippen LogP contribution in [0.25, 0.3) is 0 Å². The first kappa shape index (κ1) is 15.8. The Balaban J connectivity index is 1.47. The number of ether oxygens (including phenoxy) is 1. The lowest BCUT2D eigenvalue weighted by molar-refractivity contribution is 0.0137. The molecule has 1 aromatic carbocycles. The first-order chi connectivity index (χ1) is 11.3. The smallest absolute Gasteiger partial charge is 0.343 e. The van der Waals surface area contributed by atoms with Crippen LogP contribution in [0.1, 0.15) is 35.7 Å². The first-order valence-electron chi connectivity index (χ1n) is 8.42. The summed E-state index contributed by atoms with van der Waals surface area (Å²) in [6.45, 7) is 4.34. The zero-order valence-electron chi connectivity index (χ0n) is 13.8. The zero-order chi connectivity index (χ0) is 17.1. The summed E-state index contributed by atoms with van der Waals surface area (Å²) in [5, 5.41) is 19.7. The molecule has 1 radical (unpaired) electrons. The second-order valence-corrected chi connectivity index (χ2v) is 7.76. The molecule has 3 fully saturated rings. The summed E-state index contributed by atoms with van der Waals surface area (Å²) in [6.07, 6.45) is 2.93. The molecule has 0 spiro atoms. The molecule has 0 aromatic heterocycles. The van der Waals surface area contributed by atoms with E-state index in [1.54, 1.807) is 12.1 Å². The fourth-order valence-corrected chi connectivity index (χ4v) is 3.38. The van der Waals surface area contributed by atoms with E-state index in [0.717, 1.165) is 38.8 Å². The molecule has 6 nitrogen and oxygen atoms in total. The third kappa shape index (κ3) is 2.76. The van der Waals surface area contributed by atoms with Crippen LogP contribution >= 0.6 is 0 Å². The van der Waals surface area contributed by atoms with E-state index in [9.17, 15) is 15.0 Å². The SMILES string of the molecule is CC1(c2ccc(OC3CN(CC4(N)CC4)C3)c(C(=O)O)c2O)[B]C1. The van der Waals surface area contributed by atoms with Gasteiger partial charge in [0, 0.05) is 25.2 Å². The van der Waals surface area contributed by atoms with Gasteiger partial charge in [-0.05, 0) is 29.8 Å². The van der Waals surface area contributed by atoms with E-state index in [-0.39, 0.29) is 34.0 Å². The maximum Gasteiger partial charge on any atom is 0.343 e. The summed E-state index contributed by atoms with van der Waals surface area (Å²) in [4.78, 5) is 13.8. The fourth-order valence-electron chi connectivity index (χ4n) is 3.38. The summed E-state index contributed by atoms with van der Waals surface area (Å²) in [5.41, 5.74) is 6.60. The van der Waals surface area contributed by atoms with E-state index >= 15 is 0 Å². The van der Waals surface area contributed by atoms with Gasteiger partial charge in [-0.15, -0.1) is 0 Å². The van der Waals surface area contributed by atoms with Gasteiger partial charge < -0.3 is 20.7 Å². The average molecular weight is 329 g/mol. The Morgan fingerprint density at radius 1 is 1.46 bits per heavy atom. The highest BCUT2D eigenvalue weighted by Crippen LogP contribution is 2.47. The van der Waals surface area contributed by atoms with Crippen LogP contribution in [0.5, 0.6) is 11.5 Å². The number of carbonyl (C=O) groups is 1. The second kappa shape index (κ2) is 5.13. The van der Waals surface area contributed by atoms with Gasteiger partial charge in [0.05, 0.1) is 0 Å². The predicted molar refractivity (Wildman–Crippen MR) is 90.0 cm³/mol. The minimum absolute atomic E-state index is 0.0205. The van der Waals surface area contributed by atoms with E-state index < -0.39 is 5.97 Å². The van der Waals surface area contributed by atoms with Crippen molar-refractivity contribution in [2.45, 2.75) is 43.0 Å². The highest BCUT2D eigenvalue weighted by molar-refractivity contribution is 6.54. The van der Waals surface area contributed by atoms with Gasteiger partial charge in [-0.2, -0.15) is 0 Å². The Morgan fingerprint density at radius 2 is 2.12 bits per heavy atom. The number of carboxylic acids is 1. The molecule has 4 N–H and O–H groups in total. The Hall–Kier alpha value is -1.73. The summed E-state index contributed by atoms with van der Waals surface area (Å²) in [5.74, 6) is -1.10. The molecule has 2 saturated heterocycles. The number of aromatic carboxylic acids is 1. The fraction of sp³-hybridized carbons (Fsp3) is 0.588. The average Bonchev–Trinajstić information content (AvgIpc) is 3.37. The number of phenols is 1. The summed E-state index contributed by atoms with van der Waals surface area (Å²) >= 11 is 0. The lowest BCUT2D eigenvalue weighted by Crippen LogP contribution is -2.57. The van der Waals surface area contributed by atoms with Crippen LogP contribution in [0.3, 0.4) is 0 Å². The van der Waals surface area contributed by atoms with Crippen LogP contribution < -0.4 is 10.5 Å². The zero-order valence-corrected chi connectivity index (χ0v) is 13.8. The third-order valence-electron chi connectivity index (χ3n) is 5.43. The molecule has 3 aliphatic rings. The lowest BCUT2D eigenvalue weighted by atomic mass is 9.81. The Labute approximate surface area is 141 Å². The molecule has 1 atom stereocenters. The largest absolute Gasteiger partial charge is 0.507 e. The van der Waals surface area contributed by atoms with Gasteiger partial charge in [-0.25, -0.2) is 4.79 Å². The molecule has 1 unspecified atom stereocenters. The summed E-state index contributed by atoms with van der Waals surface area (Å²) < 4.78 is 5.84. The number of nitrogens with two attached hydrogens (primary N) is 1. The number of aromatic hydroxyl groups is 1. The van der Waals surface area contributed by atoms with Gasteiger partial charge in [0.25, 0.3) is 0 Å². The molecule has 24 heavy (non-hydrogen) atoms.